The summed E-state index contributed by atoms with van der Waals surface area (Å²) >= 11 is 0. The summed E-state index contributed by atoms with van der Waals surface area (Å²) in [6.45, 7) is 14.2. The van der Waals surface area contributed by atoms with Crippen LogP contribution < -0.4 is 10.1 Å². The fourth-order valence-electron chi connectivity index (χ4n) is 3.26. The highest BCUT2D eigenvalue weighted by Crippen LogP contribution is 2.35. The predicted octanol–water partition coefficient (Wildman–Crippen LogP) is 3.45. The molecular weight excluding hydrogens is 260 g/mol. The molecule has 1 unspecified atom stereocenters. The van der Waals surface area contributed by atoms with Crippen molar-refractivity contribution in [3.8, 4) is 5.75 Å². The smallest absolute Gasteiger partial charge is 0.124 e. The van der Waals surface area contributed by atoms with Gasteiger partial charge in [-0.05, 0) is 63.6 Å². The summed E-state index contributed by atoms with van der Waals surface area (Å²) < 4.78 is 5.85. The largest absolute Gasteiger partial charge is 0.493 e. The third-order valence-corrected chi connectivity index (χ3v) is 4.44. The van der Waals surface area contributed by atoms with Gasteiger partial charge in [0, 0.05) is 18.0 Å². The molecule has 1 aromatic carbocycles. The van der Waals surface area contributed by atoms with Crippen LogP contribution in [0.1, 0.15) is 49.4 Å². The maximum atomic E-state index is 5.85. The second-order valence-corrected chi connectivity index (χ2v) is 6.02. The minimum Gasteiger partial charge on any atom is -0.493 e. The van der Waals surface area contributed by atoms with E-state index in [1.54, 1.807) is 0 Å². The van der Waals surface area contributed by atoms with Gasteiger partial charge in [0.25, 0.3) is 0 Å². The van der Waals surface area contributed by atoms with Crippen molar-refractivity contribution in [3.63, 3.8) is 0 Å². The van der Waals surface area contributed by atoms with Crippen molar-refractivity contribution >= 4 is 0 Å². The number of rotatable bonds is 7. The molecule has 21 heavy (non-hydrogen) atoms. The van der Waals surface area contributed by atoms with Gasteiger partial charge in [0.05, 0.1) is 6.61 Å². The molecule has 118 valence electrons. The maximum Gasteiger partial charge on any atom is 0.124 e. The minimum absolute atomic E-state index is 0.450. The number of nitrogens with zero attached hydrogens (tertiary/aromatic N) is 1. The molecule has 2 rings (SSSR count). The Bertz CT molecular complexity index is 455. The van der Waals surface area contributed by atoms with Crippen LogP contribution in [0.4, 0.5) is 0 Å². The first-order valence-corrected chi connectivity index (χ1v) is 8.35. The van der Waals surface area contributed by atoms with Gasteiger partial charge >= 0.3 is 0 Å². The van der Waals surface area contributed by atoms with E-state index in [-0.39, 0.29) is 0 Å². The lowest BCUT2D eigenvalue weighted by atomic mass is 9.94. The first kappa shape index (κ1) is 16.3. The monoisotopic (exact) mass is 290 g/mol. The lowest BCUT2D eigenvalue weighted by Crippen LogP contribution is -2.31. The Hall–Kier alpha value is -1.06. The summed E-state index contributed by atoms with van der Waals surface area (Å²) in [5.41, 5.74) is 4.01. The molecular formula is C18H30N2O. The molecule has 1 atom stereocenters. The second-order valence-electron chi connectivity index (χ2n) is 6.02. The van der Waals surface area contributed by atoms with Gasteiger partial charge < -0.3 is 15.0 Å². The molecule has 0 radical (unpaired) electrons. The third kappa shape index (κ3) is 4.21. The van der Waals surface area contributed by atoms with E-state index >= 15 is 0 Å². The molecule has 1 heterocycles. The van der Waals surface area contributed by atoms with E-state index in [1.807, 2.05) is 0 Å². The quantitative estimate of drug-likeness (QED) is 0.778. The zero-order chi connectivity index (χ0) is 15.2. The molecule has 0 spiro atoms. The van der Waals surface area contributed by atoms with Crippen LogP contribution in [0.15, 0.2) is 12.1 Å². The van der Waals surface area contributed by atoms with Gasteiger partial charge in [0.1, 0.15) is 5.75 Å². The first-order valence-electron chi connectivity index (χ1n) is 8.35. The van der Waals surface area contributed by atoms with Crippen molar-refractivity contribution < 1.29 is 4.74 Å². The summed E-state index contributed by atoms with van der Waals surface area (Å²) in [5.74, 6) is 1.08. The summed E-state index contributed by atoms with van der Waals surface area (Å²) in [5, 5.41) is 3.73. The van der Waals surface area contributed by atoms with Crippen LogP contribution in [0.3, 0.4) is 0 Å². The van der Waals surface area contributed by atoms with Crippen molar-refractivity contribution in [2.45, 2.75) is 46.6 Å². The Morgan fingerprint density at radius 2 is 2.00 bits per heavy atom. The fraction of sp³-hybridized carbons (Fsp3) is 0.667. The van der Waals surface area contributed by atoms with E-state index in [0.717, 1.165) is 38.4 Å². The third-order valence-electron chi connectivity index (χ3n) is 4.44. The van der Waals surface area contributed by atoms with Crippen LogP contribution in [0.2, 0.25) is 0 Å². The highest BCUT2D eigenvalue weighted by Gasteiger charge is 2.23. The Balaban J connectivity index is 1.92. The molecule has 0 aliphatic carbocycles. The molecule has 1 aliphatic heterocycles. The van der Waals surface area contributed by atoms with Crippen LogP contribution in [0.25, 0.3) is 0 Å². The van der Waals surface area contributed by atoms with Gasteiger partial charge in [-0.25, -0.2) is 0 Å². The normalized spacial score (nSPS) is 17.7. The Labute approximate surface area is 129 Å². The Morgan fingerprint density at radius 1 is 1.24 bits per heavy atom. The van der Waals surface area contributed by atoms with Gasteiger partial charge in [-0.2, -0.15) is 0 Å². The zero-order valence-corrected chi connectivity index (χ0v) is 14.0. The first-order chi connectivity index (χ1) is 10.2. The van der Waals surface area contributed by atoms with Crippen molar-refractivity contribution in [1.29, 1.82) is 0 Å². The molecule has 0 amide bonds. The van der Waals surface area contributed by atoms with Crippen molar-refractivity contribution in [2.24, 2.45) is 0 Å². The standard InChI is InChI=1S/C18H30N2O/c1-5-20(6-2)10-7-9-19-16-8-11-21-17-13-14(3)12-15(4)18(16)17/h12-13,16,19H,5-11H2,1-4H3. The lowest BCUT2D eigenvalue weighted by Gasteiger charge is -2.29. The number of hydrogen-bond donors (Lipinski definition) is 1. The van der Waals surface area contributed by atoms with Crippen molar-refractivity contribution in [1.82, 2.24) is 10.2 Å². The number of hydrogen-bond acceptors (Lipinski definition) is 3. The summed E-state index contributed by atoms with van der Waals surface area (Å²) in [4.78, 5) is 2.48. The van der Waals surface area contributed by atoms with E-state index in [1.165, 1.54) is 29.7 Å². The molecule has 3 nitrogen and oxygen atoms in total. The molecule has 1 aliphatic rings. The number of ether oxygens (including phenoxy) is 1. The summed E-state index contributed by atoms with van der Waals surface area (Å²) in [6, 6.07) is 4.88. The topological polar surface area (TPSA) is 24.5 Å². The molecule has 0 bridgehead atoms. The summed E-state index contributed by atoms with van der Waals surface area (Å²) in [7, 11) is 0. The second kappa shape index (κ2) is 7.81. The SMILES string of the molecule is CCN(CC)CCCNC1CCOc2cc(C)cc(C)c21. The highest BCUT2D eigenvalue weighted by molar-refractivity contribution is 5.46. The number of fused-ring (bicyclic) bond motifs is 1. The van der Waals surface area contributed by atoms with Gasteiger partial charge in [-0.3, -0.25) is 0 Å². The highest BCUT2D eigenvalue weighted by atomic mass is 16.5. The zero-order valence-electron chi connectivity index (χ0n) is 14.0. The maximum absolute atomic E-state index is 5.85. The number of aryl methyl sites for hydroxylation is 2. The van der Waals surface area contributed by atoms with E-state index < -0.39 is 0 Å². The minimum atomic E-state index is 0.450. The van der Waals surface area contributed by atoms with E-state index in [0.29, 0.717) is 6.04 Å². The van der Waals surface area contributed by atoms with Crippen LogP contribution in [-0.2, 0) is 0 Å². The Kier molecular flexibility index (Phi) is 6.07. The van der Waals surface area contributed by atoms with Gasteiger partial charge in [0.2, 0.25) is 0 Å². The Morgan fingerprint density at radius 3 is 2.71 bits per heavy atom. The van der Waals surface area contributed by atoms with Crippen LogP contribution in [0.5, 0.6) is 5.75 Å². The van der Waals surface area contributed by atoms with Crippen LogP contribution in [0, 0.1) is 13.8 Å². The van der Waals surface area contributed by atoms with Gasteiger partial charge in [-0.1, -0.05) is 19.9 Å². The fourth-order valence-corrected chi connectivity index (χ4v) is 3.26. The van der Waals surface area contributed by atoms with Gasteiger partial charge in [-0.15, -0.1) is 0 Å². The van der Waals surface area contributed by atoms with Crippen molar-refractivity contribution in [3.05, 3.63) is 28.8 Å². The average molecular weight is 290 g/mol. The molecule has 0 saturated carbocycles. The van der Waals surface area contributed by atoms with Crippen LogP contribution >= 0.6 is 0 Å². The van der Waals surface area contributed by atoms with Crippen molar-refractivity contribution in [2.75, 3.05) is 32.8 Å². The molecule has 0 saturated heterocycles. The summed E-state index contributed by atoms with van der Waals surface area (Å²) in [6.07, 6.45) is 2.28. The van der Waals surface area contributed by atoms with E-state index in [9.17, 15) is 0 Å². The molecule has 0 fully saturated rings. The number of nitrogens with one attached hydrogen (secondary N) is 1. The molecule has 0 aromatic heterocycles. The lowest BCUT2D eigenvalue weighted by molar-refractivity contribution is 0.247. The molecule has 3 heteroatoms. The van der Waals surface area contributed by atoms with E-state index in [4.69, 9.17) is 4.74 Å². The van der Waals surface area contributed by atoms with Gasteiger partial charge in [0.15, 0.2) is 0 Å². The molecule has 1 N–H and O–H groups in total. The average Bonchev–Trinajstić information content (AvgIpc) is 2.47. The molecule has 1 aromatic rings. The van der Waals surface area contributed by atoms with E-state index in [2.05, 4.69) is 50.0 Å². The van der Waals surface area contributed by atoms with Crippen LogP contribution in [-0.4, -0.2) is 37.7 Å². The predicted molar refractivity (Wildman–Crippen MR) is 89.2 cm³/mol. The number of benzene rings is 1.